The van der Waals surface area contributed by atoms with E-state index in [0.29, 0.717) is 6.04 Å². The highest BCUT2D eigenvalue weighted by Crippen LogP contribution is 2.30. The van der Waals surface area contributed by atoms with Crippen molar-refractivity contribution in [3.05, 3.63) is 35.4 Å². The van der Waals surface area contributed by atoms with Crippen LogP contribution in [0, 0.1) is 12.8 Å². The molecule has 1 aromatic rings. The number of hydrogen-bond donors (Lipinski definition) is 1. The number of rotatable bonds is 5. The molecule has 1 fully saturated rings. The zero-order valence-electron chi connectivity index (χ0n) is 14.0. The first-order valence-electron chi connectivity index (χ1n) is 8.19. The number of nitrogens with two attached hydrogens (primary N) is 1. The molecule has 0 radical (unpaired) electrons. The summed E-state index contributed by atoms with van der Waals surface area (Å²) in [6, 6.07) is 9.21. The highest BCUT2D eigenvalue weighted by atomic mass is 15.2. The van der Waals surface area contributed by atoms with Gasteiger partial charge in [0.25, 0.3) is 0 Å². The van der Waals surface area contributed by atoms with Crippen LogP contribution in [0.4, 0.5) is 0 Å². The van der Waals surface area contributed by atoms with Gasteiger partial charge in [0.1, 0.15) is 0 Å². The van der Waals surface area contributed by atoms with Crippen LogP contribution in [0.5, 0.6) is 0 Å². The Hall–Kier alpha value is -0.900. The largest absolute Gasteiger partial charge is 0.326 e. The van der Waals surface area contributed by atoms with Crippen molar-refractivity contribution in [1.82, 2.24) is 9.80 Å². The lowest BCUT2D eigenvalue weighted by atomic mass is 9.90. The van der Waals surface area contributed by atoms with E-state index < -0.39 is 0 Å². The van der Waals surface area contributed by atoms with Gasteiger partial charge in [-0.25, -0.2) is 0 Å². The van der Waals surface area contributed by atoms with Gasteiger partial charge in [-0.1, -0.05) is 24.3 Å². The van der Waals surface area contributed by atoms with E-state index in [9.17, 15) is 0 Å². The number of aryl methyl sites for hydroxylation is 1. The molecule has 0 saturated carbocycles. The fourth-order valence-electron chi connectivity index (χ4n) is 3.66. The highest BCUT2D eigenvalue weighted by molar-refractivity contribution is 5.30. The molecule has 1 saturated heterocycles. The zero-order chi connectivity index (χ0) is 15.4. The van der Waals surface area contributed by atoms with Gasteiger partial charge < -0.3 is 10.6 Å². The number of piperidine rings is 1. The predicted molar refractivity (Wildman–Crippen MR) is 90.4 cm³/mol. The second kappa shape index (κ2) is 7.39. The third-order valence-electron chi connectivity index (χ3n) is 4.67. The van der Waals surface area contributed by atoms with E-state index in [0.717, 1.165) is 5.92 Å². The van der Waals surface area contributed by atoms with Crippen molar-refractivity contribution in [1.29, 1.82) is 0 Å². The normalized spacial score (nSPS) is 20.7. The topological polar surface area (TPSA) is 32.5 Å². The lowest BCUT2D eigenvalue weighted by Gasteiger charge is -2.40. The molecule has 118 valence electrons. The first kappa shape index (κ1) is 16.5. The quantitative estimate of drug-likeness (QED) is 0.904. The van der Waals surface area contributed by atoms with Crippen LogP contribution in [0.3, 0.4) is 0 Å². The Labute approximate surface area is 130 Å². The minimum Gasteiger partial charge on any atom is -0.326 e. The summed E-state index contributed by atoms with van der Waals surface area (Å²) >= 11 is 0. The monoisotopic (exact) mass is 289 g/mol. The van der Waals surface area contributed by atoms with Crippen molar-refractivity contribution in [3.8, 4) is 0 Å². The SMILES string of the molecule is Cc1ccccc1C(C(C)N)N1CCC(CN(C)C)CC1. The van der Waals surface area contributed by atoms with E-state index in [4.69, 9.17) is 5.73 Å². The highest BCUT2D eigenvalue weighted by Gasteiger charge is 2.29. The molecule has 1 heterocycles. The maximum atomic E-state index is 6.33. The van der Waals surface area contributed by atoms with Gasteiger partial charge in [-0.3, -0.25) is 4.90 Å². The molecule has 1 aliphatic heterocycles. The summed E-state index contributed by atoms with van der Waals surface area (Å²) in [5.74, 6) is 0.835. The van der Waals surface area contributed by atoms with Gasteiger partial charge in [0.15, 0.2) is 0 Å². The van der Waals surface area contributed by atoms with Crippen LogP contribution in [0.2, 0.25) is 0 Å². The lowest BCUT2D eigenvalue weighted by molar-refractivity contribution is 0.108. The second-order valence-electron chi connectivity index (χ2n) is 6.90. The van der Waals surface area contributed by atoms with Crippen LogP contribution in [-0.4, -0.2) is 49.6 Å². The van der Waals surface area contributed by atoms with Crippen molar-refractivity contribution in [3.63, 3.8) is 0 Å². The molecule has 1 aliphatic rings. The summed E-state index contributed by atoms with van der Waals surface area (Å²) in [4.78, 5) is 4.91. The first-order valence-corrected chi connectivity index (χ1v) is 8.19. The first-order chi connectivity index (χ1) is 9.99. The van der Waals surface area contributed by atoms with Crippen molar-refractivity contribution in [2.75, 3.05) is 33.7 Å². The van der Waals surface area contributed by atoms with Crippen molar-refractivity contribution in [2.45, 2.75) is 38.8 Å². The van der Waals surface area contributed by atoms with Gasteiger partial charge in [-0.15, -0.1) is 0 Å². The molecule has 1 aromatic carbocycles. The molecule has 0 spiro atoms. The van der Waals surface area contributed by atoms with Gasteiger partial charge in [-0.05, 0) is 70.9 Å². The molecule has 0 amide bonds. The Morgan fingerprint density at radius 1 is 1.24 bits per heavy atom. The average Bonchev–Trinajstić information content (AvgIpc) is 2.42. The molecule has 2 atom stereocenters. The number of nitrogens with zero attached hydrogens (tertiary/aromatic N) is 2. The predicted octanol–water partition coefficient (Wildman–Crippen LogP) is 2.66. The minimum atomic E-state index is 0.163. The second-order valence-corrected chi connectivity index (χ2v) is 6.90. The molecule has 0 aromatic heterocycles. The number of likely N-dealkylation sites (tertiary alicyclic amines) is 1. The smallest absolute Gasteiger partial charge is 0.0499 e. The van der Waals surface area contributed by atoms with Crippen LogP contribution in [0.15, 0.2) is 24.3 Å². The molecule has 3 nitrogen and oxygen atoms in total. The molecular weight excluding hydrogens is 258 g/mol. The number of hydrogen-bond acceptors (Lipinski definition) is 3. The van der Waals surface area contributed by atoms with Crippen molar-refractivity contribution >= 4 is 0 Å². The van der Waals surface area contributed by atoms with Crippen LogP contribution >= 0.6 is 0 Å². The lowest BCUT2D eigenvalue weighted by Crippen LogP contribution is -2.45. The Bertz CT molecular complexity index is 434. The summed E-state index contributed by atoms with van der Waals surface area (Å²) in [6.07, 6.45) is 2.57. The third-order valence-corrected chi connectivity index (χ3v) is 4.67. The van der Waals surface area contributed by atoms with Gasteiger partial charge in [-0.2, -0.15) is 0 Å². The van der Waals surface area contributed by atoms with Gasteiger partial charge in [0, 0.05) is 18.6 Å². The van der Waals surface area contributed by atoms with E-state index in [1.807, 2.05) is 0 Å². The van der Waals surface area contributed by atoms with Gasteiger partial charge >= 0.3 is 0 Å². The van der Waals surface area contributed by atoms with E-state index in [1.165, 1.54) is 43.6 Å². The molecule has 0 bridgehead atoms. The van der Waals surface area contributed by atoms with E-state index in [2.05, 4.69) is 62.0 Å². The Kier molecular flexibility index (Phi) is 5.80. The molecule has 3 heteroatoms. The Morgan fingerprint density at radius 2 is 1.86 bits per heavy atom. The summed E-state index contributed by atoms with van der Waals surface area (Å²) < 4.78 is 0. The van der Waals surface area contributed by atoms with Crippen LogP contribution in [-0.2, 0) is 0 Å². The van der Waals surface area contributed by atoms with Gasteiger partial charge in [0.2, 0.25) is 0 Å². The number of benzene rings is 1. The fraction of sp³-hybridized carbons (Fsp3) is 0.667. The standard InChI is InChI=1S/C18H31N3/c1-14-7-5-6-8-17(14)18(15(2)19)21-11-9-16(10-12-21)13-20(3)4/h5-8,15-16,18H,9-13,19H2,1-4H3. The molecule has 2 N–H and O–H groups in total. The summed E-state index contributed by atoms with van der Waals surface area (Å²) in [5, 5.41) is 0. The summed E-state index contributed by atoms with van der Waals surface area (Å²) in [6.45, 7) is 7.88. The van der Waals surface area contributed by atoms with E-state index >= 15 is 0 Å². The molecule has 21 heavy (non-hydrogen) atoms. The molecule has 2 unspecified atom stereocenters. The van der Waals surface area contributed by atoms with E-state index in [1.54, 1.807) is 0 Å². The maximum absolute atomic E-state index is 6.33. The molecular formula is C18H31N3. The fourth-order valence-corrected chi connectivity index (χ4v) is 3.66. The summed E-state index contributed by atoms with van der Waals surface area (Å²) in [7, 11) is 4.34. The minimum absolute atomic E-state index is 0.163. The average molecular weight is 289 g/mol. The zero-order valence-corrected chi connectivity index (χ0v) is 14.0. The van der Waals surface area contributed by atoms with E-state index in [-0.39, 0.29) is 6.04 Å². The Morgan fingerprint density at radius 3 is 2.38 bits per heavy atom. The van der Waals surface area contributed by atoms with Crippen molar-refractivity contribution < 1.29 is 0 Å². The third kappa shape index (κ3) is 4.29. The molecule has 2 rings (SSSR count). The summed E-state index contributed by atoms with van der Waals surface area (Å²) in [5.41, 5.74) is 9.09. The van der Waals surface area contributed by atoms with Crippen molar-refractivity contribution in [2.24, 2.45) is 11.7 Å². The van der Waals surface area contributed by atoms with Crippen LogP contribution < -0.4 is 5.73 Å². The van der Waals surface area contributed by atoms with Crippen LogP contribution in [0.25, 0.3) is 0 Å². The molecule has 0 aliphatic carbocycles. The van der Waals surface area contributed by atoms with Gasteiger partial charge in [0.05, 0.1) is 0 Å². The maximum Gasteiger partial charge on any atom is 0.0499 e. The Balaban J connectivity index is 2.06. The van der Waals surface area contributed by atoms with Crippen LogP contribution in [0.1, 0.15) is 36.9 Å².